The standard InChI is InChI=1S/C24H27N3O4/c1-17-24(30)27(20-9-5-6-10-21(20)31-17)16-22(28)26-13-11-19(12-14-26)23(29)25-15-18-7-3-2-4-8-18/h2-10,17,19H,11-16H2,1H3,(H,25,29). The molecule has 2 aromatic rings. The van der Waals surface area contributed by atoms with Gasteiger partial charge in [-0.25, -0.2) is 0 Å². The Morgan fingerprint density at radius 3 is 2.45 bits per heavy atom. The quantitative estimate of drug-likeness (QED) is 0.804. The van der Waals surface area contributed by atoms with Crippen LogP contribution in [0.5, 0.6) is 5.75 Å². The van der Waals surface area contributed by atoms with Crippen molar-refractivity contribution in [3.8, 4) is 5.75 Å². The van der Waals surface area contributed by atoms with Crippen LogP contribution in [0.2, 0.25) is 0 Å². The minimum Gasteiger partial charge on any atom is -0.479 e. The highest BCUT2D eigenvalue weighted by atomic mass is 16.5. The lowest BCUT2D eigenvalue weighted by molar-refractivity contribution is -0.136. The van der Waals surface area contributed by atoms with Crippen molar-refractivity contribution in [3.05, 3.63) is 60.2 Å². The Morgan fingerprint density at radius 1 is 1.03 bits per heavy atom. The number of benzene rings is 2. The fourth-order valence-electron chi connectivity index (χ4n) is 4.08. The van der Waals surface area contributed by atoms with Crippen LogP contribution in [-0.2, 0) is 20.9 Å². The van der Waals surface area contributed by atoms with Crippen LogP contribution in [0.15, 0.2) is 54.6 Å². The van der Waals surface area contributed by atoms with Crippen molar-refractivity contribution in [2.24, 2.45) is 5.92 Å². The number of ether oxygens (including phenoxy) is 1. The third-order valence-corrected chi connectivity index (χ3v) is 5.89. The molecule has 1 unspecified atom stereocenters. The Kier molecular flexibility index (Phi) is 6.21. The van der Waals surface area contributed by atoms with E-state index in [1.165, 1.54) is 4.90 Å². The molecule has 1 fully saturated rings. The van der Waals surface area contributed by atoms with Gasteiger partial charge in [-0.2, -0.15) is 0 Å². The normalized spacial score (nSPS) is 18.9. The number of amides is 3. The average molecular weight is 421 g/mol. The molecule has 4 rings (SSSR count). The number of anilines is 1. The first kappa shape index (κ1) is 20.9. The number of nitrogens with zero attached hydrogens (tertiary/aromatic N) is 2. The summed E-state index contributed by atoms with van der Waals surface area (Å²) in [4.78, 5) is 41.3. The van der Waals surface area contributed by atoms with Gasteiger partial charge in [-0.3, -0.25) is 19.3 Å². The minimum absolute atomic E-state index is 0.0194. The molecule has 1 saturated heterocycles. The zero-order valence-electron chi connectivity index (χ0n) is 17.6. The lowest BCUT2D eigenvalue weighted by atomic mass is 9.95. The highest BCUT2D eigenvalue weighted by molar-refractivity contribution is 6.03. The fourth-order valence-corrected chi connectivity index (χ4v) is 4.08. The lowest BCUT2D eigenvalue weighted by Gasteiger charge is -2.36. The molecule has 162 valence electrons. The Labute approximate surface area is 182 Å². The maximum absolute atomic E-state index is 12.9. The molecule has 2 heterocycles. The molecule has 3 amide bonds. The maximum Gasteiger partial charge on any atom is 0.268 e. The monoisotopic (exact) mass is 421 g/mol. The van der Waals surface area contributed by atoms with E-state index in [-0.39, 0.29) is 30.2 Å². The van der Waals surface area contributed by atoms with Crippen LogP contribution in [0.4, 0.5) is 5.69 Å². The highest BCUT2D eigenvalue weighted by Gasteiger charge is 2.34. The molecule has 2 aliphatic heterocycles. The Balaban J connectivity index is 1.30. The molecule has 0 bridgehead atoms. The van der Waals surface area contributed by atoms with Crippen molar-refractivity contribution in [2.75, 3.05) is 24.5 Å². The van der Waals surface area contributed by atoms with Gasteiger partial charge >= 0.3 is 0 Å². The van der Waals surface area contributed by atoms with Crippen LogP contribution in [0.25, 0.3) is 0 Å². The third-order valence-electron chi connectivity index (χ3n) is 5.89. The summed E-state index contributed by atoms with van der Waals surface area (Å²) in [5.74, 6) is 0.208. The van der Waals surface area contributed by atoms with Gasteiger partial charge in [0.1, 0.15) is 12.3 Å². The van der Waals surface area contributed by atoms with Gasteiger partial charge in [0.15, 0.2) is 6.10 Å². The first-order valence-electron chi connectivity index (χ1n) is 10.7. The van der Waals surface area contributed by atoms with Crippen LogP contribution < -0.4 is 15.0 Å². The van der Waals surface area contributed by atoms with Crippen molar-refractivity contribution in [1.82, 2.24) is 10.2 Å². The summed E-state index contributed by atoms with van der Waals surface area (Å²) in [6, 6.07) is 17.1. The zero-order chi connectivity index (χ0) is 21.8. The summed E-state index contributed by atoms with van der Waals surface area (Å²) in [6.07, 6.45) is 0.619. The lowest BCUT2D eigenvalue weighted by Crippen LogP contribution is -2.51. The number of carbonyl (C=O) groups excluding carboxylic acids is 3. The van der Waals surface area contributed by atoms with Crippen LogP contribution >= 0.6 is 0 Å². The molecule has 0 saturated carbocycles. The van der Waals surface area contributed by atoms with Gasteiger partial charge in [-0.05, 0) is 37.5 Å². The van der Waals surface area contributed by atoms with Crippen molar-refractivity contribution >= 4 is 23.4 Å². The topological polar surface area (TPSA) is 79.0 Å². The summed E-state index contributed by atoms with van der Waals surface area (Å²) >= 11 is 0. The molecular weight excluding hydrogens is 394 g/mol. The molecule has 0 aliphatic carbocycles. The molecule has 1 atom stereocenters. The largest absolute Gasteiger partial charge is 0.479 e. The van der Waals surface area contributed by atoms with Crippen LogP contribution in [-0.4, -0.2) is 48.4 Å². The maximum atomic E-state index is 12.9. The van der Waals surface area contributed by atoms with E-state index in [9.17, 15) is 14.4 Å². The number of piperidine rings is 1. The summed E-state index contributed by atoms with van der Waals surface area (Å²) in [7, 11) is 0. The van der Waals surface area contributed by atoms with E-state index >= 15 is 0 Å². The molecule has 0 aromatic heterocycles. The molecule has 31 heavy (non-hydrogen) atoms. The molecule has 1 N–H and O–H groups in total. The molecule has 7 heteroatoms. The summed E-state index contributed by atoms with van der Waals surface area (Å²) in [5, 5.41) is 2.99. The van der Waals surface area contributed by atoms with Gasteiger partial charge in [0.25, 0.3) is 5.91 Å². The van der Waals surface area contributed by atoms with Crippen LogP contribution in [0.3, 0.4) is 0 Å². The van der Waals surface area contributed by atoms with Gasteiger partial charge in [-0.1, -0.05) is 42.5 Å². The van der Waals surface area contributed by atoms with E-state index in [1.54, 1.807) is 24.0 Å². The predicted molar refractivity (Wildman–Crippen MR) is 116 cm³/mol. The molecule has 7 nitrogen and oxygen atoms in total. The average Bonchev–Trinajstić information content (AvgIpc) is 2.81. The Hall–Kier alpha value is -3.35. The highest BCUT2D eigenvalue weighted by Crippen LogP contribution is 2.33. The van der Waals surface area contributed by atoms with Crippen molar-refractivity contribution in [2.45, 2.75) is 32.4 Å². The number of hydrogen-bond donors (Lipinski definition) is 1. The Morgan fingerprint density at radius 2 is 1.71 bits per heavy atom. The summed E-state index contributed by atoms with van der Waals surface area (Å²) < 4.78 is 5.64. The number of rotatable bonds is 5. The predicted octanol–water partition coefficient (Wildman–Crippen LogP) is 2.36. The van der Waals surface area contributed by atoms with Gasteiger partial charge in [0, 0.05) is 25.6 Å². The fraction of sp³-hybridized carbons (Fsp3) is 0.375. The van der Waals surface area contributed by atoms with Gasteiger partial charge in [0.2, 0.25) is 11.8 Å². The number of nitrogens with one attached hydrogen (secondary N) is 1. The number of likely N-dealkylation sites (tertiary alicyclic amines) is 1. The number of para-hydroxylation sites is 2. The molecule has 2 aliphatic rings. The van der Waals surface area contributed by atoms with Crippen molar-refractivity contribution < 1.29 is 19.1 Å². The SMILES string of the molecule is CC1Oc2ccccc2N(CC(=O)N2CCC(C(=O)NCc3ccccc3)CC2)C1=O. The zero-order valence-corrected chi connectivity index (χ0v) is 17.6. The second kappa shape index (κ2) is 9.20. The summed E-state index contributed by atoms with van der Waals surface area (Å²) in [5.41, 5.74) is 1.68. The van der Waals surface area contributed by atoms with Crippen LogP contribution in [0, 0.1) is 5.92 Å². The number of hydrogen-bond acceptors (Lipinski definition) is 4. The molecule has 0 radical (unpaired) electrons. The first-order chi connectivity index (χ1) is 15.0. The first-order valence-corrected chi connectivity index (χ1v) is 10.7. The third kappa shape index (κ3) is 4.71. The molecule has 0 spiro atoms. The minimum atomic E-state index is -0.623. The molecule has 2 aromatic carbocycles. The van der Waals surface area contributed by atoms with Gasteiger partial charge < -0.3 is 15.0 Å². The Bertz CT molecular complexity index is 954. The van der Waals surface area contributed by atoms with E-state index in [1.807, 2.05) is 42.5 Å². The summed E-state index contributed by atoms with van der Waals surface area (Å²) in [6.45, 7) is 3.20. The number of carbonyl (C=O) groups is 3. The smallest absolute Gasteiger partial charge is 0.268 e. The second-order valence-electron chi connectivity index (χ2n) is 8.01. The van der Waals surface area contributed by atoms with Gasteiger partial charge in [-0.15, -0.1) is 0 Å². The van der Waals surface area contributed by atoms with E-state index < -0.39 is 6.10 Å². The van der Waals surface area contributed by atoms with Crippen LogP contribution in [0.1, 0.15) is 25.3 Å². The van der Waals surface area contributed by atoms with E-state index in [2.05, 4.69) is 5.32 Å². The van der Waals surface area contributed by atoms with E-state index in [0.717, 1.165) is 5.56 Å². The van der Waals surface area contributed by atoms with Crippen molar-refractivity contribution in [3.63, 3.8) is 0 Å². The van der Waals surface area contributed by atoms with Crippen molar-refractivity contribution in [1.29, 1.82) is 0 Å². The second-order valence-corrected chi connectivity index (χ2v) is 8.01. The number of fused-ring (bicyclic) bond motifs is 1. The molecular formula is C24H27N3O4. The van der Waals surface area contributed by atoms with Gasteiger partial charge in [0.05, 0.1) is 5.69 Å². The van der Waals surface area contributed by atoms with E-state index in [4.69, 9.17) is 4.74 Å². The van der Waals surface area contributed by atoms with E-state index in [0.29, 0.717) is 43.9 Å².